The van der Waals surface area contributed by atoms with E-state index in [-0.39, 0.29) is 0 Å². The van der Waals surface area contributed by atoms with Crippen LogP contribution < -0.4 is 0 Å². The van der Waals surface area contributed by atoms with Gasteiger partial charge < -0.3 is 9.30 Å². The van der Waals surface area contributed by atoms with E-state index in [9.17, 15) is 9.59 Å². The zero-order valence-corrected chi connectivity index (χ0v) is 7.61. The van der Waals surface area contributed by atoms with Gasteiger partial charge in [0.15, 0.2) is 6.29 Å². The van der Waals surface area contributed by atoms with Crippen molar-refractivity contribution in [3.8, 4) is 0 Å². The van der Waals surface area contributed by atoms with Crippen molar-refractivity contribution in [2.24, 2.45) is 7.05 Å². The van der Waals surface area contributed by atoms with Gasteiger partial charge in [0, 0.05) is 18.8 Å². The number of carbonyl (C=O) groups excluding carboxylic acids is 2. The molecule has 0 saturated carbocycles. The fourth-order valence-corrected chi connectivity index (χ4v) is 1.06. The third-order valence-corrected chi connectivity index (χ3v) is 1.65. The van der Waals surface area contributed by atoms with Crippen molar-refractivity contribution in [2.45, 2.75) is 6.92 Å². The average Bonchev–Trinajstić information content (AvgIpc) is 2.47. The van der Waals surface area contributed by atoms with E-state index in [2.05, 4.69) is 0 Å². The van der Waals surface area contributed by atoms with E-state index in [0.29, 0.717) is 24.2 Å². The van der Waals surface area contributed by atoms with Crippen LogP contribution in [0.3, 0.4) is 0 Å². The molecule has 1 heterocycles. The lowest BCUT2D eigenvalue weighted by atomic mass is 10.3. The first-order chi connectivity index (χ1) is 6.19. The predicted molar refractivity (Wildman–Crippen MR) is 46.8 cm³/mol. The lowest BCUT2D eigenvalue weighted by Crippen LogP contribution is -2.08. The van der Waals surface area contributed by atoms with E-state index >= 15 is 0 Å². The topological polar surface area (TPSA) is 48.3 Å². The maximum atomic E-state index is 11.2. The summed E-state index contributed by atoms with van der Waals surface area (Å²) < 4.78 is 6.36. The van der Waals surface area contributed by atoms with Gasteiger partial charge in [-0.3, -0.25) is 4.79 Å². The van der Waals surface area contributed by atoms with E-state index in [0.717, 1.165) is 0 Å². The van der Waals surface area contributed by atoms with Crippen molar-refractivity contribution in [3.63, 3.8) is 0 Å². The van der Waals surface area contributed by atoms with E-state index < -0.39 is 5.97 Å². The summed E-state index contributed by atoms with van der Waals surface area (Å²) in [5, 5.41) is 0. The van der Waals surface area contributed by atoms with E-state index in [1.807, 2.05) is 0 Å². The van der Waals surface area contributed by atoms with Gasteiger partial charge >= 0.3 is 5.97 Å². The second-order valence-corrected chi connectivity index (χ2v) is 2.61. The molecule has 0 aliphatic carbocycles. The van der Waals surface area contributed by atoms with Crippen LogP contribution in [-0.2, 0) is 11.8 Å². The number of aryl methyl sites for hydroxylation is 1. The number of nitrogens with zero attached hydrogens (tertiary/aromatic N) is 1. The number of ether oxygens (including phenoxy) is 1. The van der Waals surface area contributed by atoms with E-state index in [1.165, 1.54) is 6.07 Å². The van der Waals surface area contributed by atoms with Gasteiger partial charge in [0.25, 0.3) is 0 Å². The highest BCUT2D eigenvalue weighted by atomic mass is 16.5. The van der Waals surface area contributed by atoms with Crippen LogP contribution in [-0.4, -0.2) is 23.4 Å². The van der Waals surface area contributed by atoms with Gasteiger partial charge in [-0.25, -0.2) is 4.79 Å². The van der Waals surface area contributed by atoms with Crippen LogP contribution in [0.5, 0.6) is 0 Å². The Morgan fingerprint density at radius 3 is 2.85 bits per heavy atom. The number of esters is 1. The van der Waals surface area contributed by atoms with Crippen molar-refractivity contribution >= 4 is 12.3 Å². The van der Waals surface area contributed by atoms with Crippen LogP contribution in [0.2, 0.25) is 0 Å². The van der Waals surface area contributed by atoms with Crippen LogP contribution >= 0.6 is 0 Å². The Hall–Kier alpha value is -1.58. The van der Waals surface area contributed by atoms with Gasteiger partial charge in [-0.2, -0.15) is 0 Å². The summed E-state index contributed by atoms with van der Waals surface area (Å²) >= 11 is 0. The highest BCUT2D eigenvalue weighted by molar-refractivity contribution is 5.90. The summed E-state index contributed by atoms with van der Waals surface area (Å²) in [5.41, 5.74) is 0.870. The first-order valence-corrected chi connectivity index (χ1v) is 3.97. The maximum absolute atomic E-state index is 11.2. The molecule has 0 aromatic carbocycles. The fraction of sp³-hybridized carbons (Fsp3) is 0.333. The summed E-state index contributed by atoms with van der Waals surface area (Å²) in [4.78, 5) is 21.6. The summed E-state index contributed by atoms with van der Waals surface area (Å²) in [7, 11) is 1.69. The Morgan fingerprint density at radius 1 is 1.69 bits per heavy atom. The maximum Gasteiger partial charge on any atom is 0.354 e. The normalized spacial score (nSPS) is 9.69. The number of hydrogen-bond donors (Lipinski definition) is 0. The van der Waals surface area contributed by atoms with Crippen LogP contribution in [0.25, 0.3) is 0 Å². The highest BCUT2D eigenvalue weighted by Crippen LogP contribution is 2.06. The molecule has 1 rings (SSSR count). The molecule has 0 spiro atoms. The molecule has 0 aliphatic heterocycles. The minimum atomic E-state index is -0.405. The van der Waals surface area contributed by atoms with Crippen LogP contribution in [0.1, 0.15) is 27.8 Å². The Bertz CT molecular complexity index is 328. The van der Waals surface area contributed by atoms with Crippen LogP contribution in [0.15, 0.2) is 12.3 Å². The van der Waals surface area contributed by atoms with E-state index in [4.69, 9.17) is 4.74 Å². The molecular formula is C9H11NO3. The van der Waals surface area contributed by atoms with E-state index in [1.54, 1.807) is 24.7 Å². The van der Waals surface area contributed by atoms with Gasteiger partial charge in [0.05, 0.1) is 6.61 Å². The number of hydrogen-bond acceptors (Lipinski definition) is 3. The average molecular weight is 181 g/mol. The molecule has 4 nitrogen and oxygen atoms in total. The minimum absolute atomic E-state index is 0.334. The largest absolute Gasteiger partial charge is 0.461 e. The van der Waals surface area contributed by atoms with Crippen LogP contribution in [0.4, 0.5) is 0 Å². The van der Waals surface area contributed by atoms with Crippen molar-refractivity contribution in [2.75, 3.05) is 6.61 Å². The van der Waals surface area contributed by atoms with Crippen molar-refractivity contribution in [1.82, 2.24) is 4.57 Å². The molecule has 13 heavy (non-hydrogen) atoms. The third kappa shape index (κ3) is 1.96. The zero-order valence-electron chi connectivity index (χ0n) is 7.61. The van der Waals surface area contributed by atoms with Crippen molar-refractivity contribution in [3.05, 3.63) is 23.5 Å². The summed E-state index contributed by atoms with van der Waals surface area (Å²) in [5.74, 6) is -0.405. The number of rotatable bonds is 3. The van der Waals surface area contributed by atoms with Gasteiger partial charge in [-0.05, 0) is 13.0 Å². The first kappa shape index (κ1) is 9.51. The second kappa shape index (κ2) is 3.89. The summed E-state index contributed by atoms with van der Waals surface area (Å²) in [6.07, 6.45) is 2.28. The molecule has 0 bridgehead atoms. The molecule has 0 aliphatic rings. The minimum Gasteiger partial charge on any atom is -0.461 e. The molecule has 0 N–H and O–H groups in total. The van der Waals surface area contributed by atoms with Crippen LogP contribution in [0, 0.1) is 0 Å². The number of aldehydes is 1. The fourth-order valence-electron chi connectivity index (χ4n) is 1.06. The highest BCUT2D eigenvalue weighted by Gasteiger charge is 2.11. The molecule has 0 amide bonds. The predicted octanol–water partition coefficient (Wildman–Crippen LogP) is 1.01. The number of carbonyl (C=O) groups is 2. The molecule has 0 saturated heterocycles. The van der Waals surface area contributed by atoms with Crippen molar-refractivity contribution < 1.29 is 14.3 Å². The SMILES string of the molecule is CCOC(=O)c1cc(C=O)cn1C. The Morgan fingerprint density at radius 2 is 2.38 bits per heavy atom. The monoisotopic (exact) mass is 181 g/mol. The van der Waals surface area contributed by atoms with Gasteiger partial charge in [-0.1, -0.05) is 0 Å². The zero-order chi connectivity index (χ0) is 9.84. The van der Waals surface area contributed by atoms with Gasteiger partial charge in [-0.15, -0.1) is 0 Å². The molecular weight excluding hydrogens is 170 g/mol. The Balaban J connectivity index is 2.93. The van der Waals surface area contributed by atoms with Gasteiger partial charge in [0.2, 0.25) is 0 Å². The van der Waals surface area contributed by atoms with Crippen molar-refractivity contribution in [1.29, 1.82) is 0 Å². The molecule has 0 atom stereocenters. The smallest absolute Gasteiger partial charge is 0.354 e. The molecule has 4 heteroatoms. The second-order valence-electron chi connectivity index (χ2n) is 2.61. The number of aromatic nitrogens is 1. The molecule has 1 aromatic heterocycles. The Kier molecular flexibility index (Phi) is 2.84. The molecule has 0 unspecified atom stereocenters. The Labute approximate surface area is 76.1 Å². The first-order valence-electron chi connectivity index (χ1n) is 3.97. The standard InChI is InChI=1S/C9H11NO3/c1-3-13-9(12)8-4-7(6-11)5-10(8)2/h4-6H,3H2,1-2H3. The quantitative estimate of drug-likeness (QED) is 0.516. The van der Waals surface area contributed by atoms with Gasteiger partial charge in [0.1, 0.15) is 5.69 Å². The third-order valence-electron chi connectivity index (χ3n) is 1.65. The lowest BCUT2D eigenvalue weighted by molar-refractivity contribution is 0.0515. The molecule has 70 valence electrons. The molecule has 0 fully saturated rings. The molecule has 1 aromatic rings. The summed E-state index contributed by atoms with van der Waals surface area (Å²) in [6.45, 7) is 2.07. The summed E-state index contributed by atoms with van der Waals surface area (Å²) in [6, 6.07) is 1.50. The molecule has 0 radical (unpaired) electrons. The lowest BCUT2D eigenvalue weighted by Gasteiger charge is -2.01.